The van der Waals surface area contributed by atoms with E-state index in [1.165, 1.54) is 118 Å². The van der Waals surface area contributed by atoms with Crippen LogP contribution in [0.3, 0.4) is 0 Å². The van der Waals surface area contributed by atoms with Crippen molar-refractivity contribution >= 4 is 39.0 Å². The molecule has 6 aromatic carbocycles. The second kappa shape index (κ2) is 11.3. The molecule has 0 amide bonds. The Morgan fingerprint density at radius 1 is 0.554 bits per heavy atom. The van der Waals surface area contributed by atoms with Crippen molar-refractivity contribution in [2.45, 2.75) is 88.4 Å². The molecule has 0 saturated heterocycles. The highest BCUT2D eigenvalue weighted by Crippen LogP contribution is 2.66. The molecule has 6 bridgehead atoms. The van der Waals surface area contributed by atoms with Crippen molar-refractivity contribution < 1.29 is 4.42 Å². The van der Waals surface area contributed by atoms with Gasteiger partial charge in [-0.25, -0.2) is 0 Å². The van der Waals surface area contributed by atoms with Gasteiger partial charge >= 0.3 is 0 Å². The van der Waals surface area contributed by atoms with Crippen LogP contribution < -0.4 is 4.90 Å². The van der Waals surface area contributed by atoms with Crippen LogP contribution in [0.25, 0.3) is 44.2 Å². The van der Waals surface area contributed by atoms with E-state index < -0.39 is 0 Å². The first kappa shape index (κ1) is 32.1. The van der Waals surface area contributed by atoms with E-state index in [2.05, 4.69) is 140 Å². The third kappa shape index (κ3) is 4.39. The molecule has 1 heterocycles. The molecule has 276 valence electrons. The van der Waals surface area contributed by atoms with Crippen molar-refractivity contribution in [3.63, 3.8) is 0 Å². The maximum Gasteiger partial charge on any atom is 0.135 e. The minimum absolute atomic E-state index is 0.0815. The van der Waals surface area contributed by atoms with Crippen LogP contribution in [0.2, 0.25) is 0 Å². The first-order chi connectivity index (χ1) is 27.4. The van der Waals surface area contributed by atoms with Crippen LogP contribution in [-0.2, 0) is 17.3 Å². The van der Waals surface area contributed by atoms with Gasteiger partial charge in [0.25, 0.3) is 0 Å². The largest absolute Gasteiger partial charge is 0.456 e. The fourth-order valence-electron chi connectivity index (χ4n) is 13.9. The summed E-state index contributed by atoms with van der Waals surface area (Å²) in [6.45, 7) is 4.79. The van der Waals surface area contributed by atoms with Gasteiger partial charge in [-0.3, -0.25) is 0 Å². The summed E-state index contributed by atoms with van der Waals surface area (Å²) in [6.07, 6.45) is 12.2. The summed E-state index contributed by atoms with van der Waals surface area (Å²) in [4.78, 5) is 2.54. The van der Waals surface area contributed by atoms with E-state index in [4.69, 9.17) is 4.42 Å². The monoisotopic (exact) mass is 727 g/mol. The lowest BCUT2D eigenvalue weighted by atomic mass is 9.71. The van der Waals surface area contributed by atoms with Crippen LogP contribution >= 0.6 is 0 Å². The van der Waals surface area contributed by atoms with Crippen molar-refractivity contribution in [1.29, 1.82) is 0 Å². The minimum atomic E-state index is -0.0815. The van der Waals surface area contributed by atoms with Crippen molar-refractivity contribution in [3.05, 3.63) is 149 Å². The van der Waals surface area contributed by atoms with Crippen LogP contribution in [0.5, 0.6) is 0 Å². The van der Waals surface area contributed by atoms with Crippen molar-refractivity contribution in [3.8, 4) is 22.3 Å². The third-order valence-electron chi connectivity index (χ3n) is 16.2. The highest BCUT2D eigenvalue weighted by atomic mass is 16.3. The zero-order chi connectivity index (χ0) is 36.9. The standard InChI is InChI=1S/C54H49NO/c1-53(2)49-10-6-5-9-45(49)46-18-15-41(29-50(46)53)55(39-14-17-43-36(26-39)23-32-11-12-35(22-32)42-7-3-4-8-44(42)43)40-16-20-52-48(28-40)47-27-37(13-19-51(47)56-52)54-30-33-21-34(31-54)25-38(54)24-33/h3-10,13-20,26-29,32-35,38H,11-12,21-25,30-31H2,1-2H3. The molecule has 4 unspecified atom stereocenters. The minimum Gasteiger partial charge on any atom is -0.456 e. The first-order valence-electron chi connectivity index (χ1n) is 21.6. The molecule has 7 aliphatic rings. The third-order valence-corrected chi connectivity index (χ3v) is 16.2. The molecule has 56 heavy (non-hydrogen) atoms. The van der Waals surface area contributed by atoms with E-state index in [1.54, 1.807) is 11.1 Å². The average Bonchev–Trinajstić information content (AvgIpc) is 4.00. The predicted octanol–water partition coefficient (Wildman–Crippen LogP) is 14.5. The Morgan fingerprint density at radius 2 is 1.23 bits per heavy atom. The summed E-state index contributed by atoms with van der Waals surface area (Å²) in [5, 5.41) is 2.50. The van der Waals surface area contributed by atoms with E-state index in [1.807, 2.05) is 0 Å². The zero-order valence-corrected chi connectivity index (χ0v) is 32.7. The SMILES string of the molecule is CC1(C)c2ccccc2-c2ccc(N(c3ccc4c(c3)CC3CCC(C3)c3ccccc3-4)c3ccc4oc5ccc(C67CC8CC(CC6C8)C7)cc5c4c3)cc21. The fraction of sp³-hybridized carbons (Fsp3) is 0.333. The summed E-state index contributed by atoms with van der Waals surface area (Å²) in [7, 11) is 0. The van der Waals surface area contributed by atoms with Crippen molar-refractivity contribution in [2.75, 3.05) is 4.90 Å². The maximum absolute atomic E-state index is 6.62. The highest BCUT2D eigenvalue weighted by Gasteiger charge is 2.58. The van der Waals surface area contributed by atoms with Crippen LogP contribution in [0, 0.1) is 23.7 Å². The lowest BCUT2D eigenvalue weighted by Crippen LogP contribution is -2.27. The summed E-state index contributed by atoms with van der Waals surface area (Å²) >= 11 is 0. The van der Waals surface area contributed by atoms with E-state index in [0.717, 1.165) is 41.3 Å². The fourth-order valence-corrected chi connectivity index (χ4v) is 13.9. The predicted molar refractivity (Wildman–Crippen MR) is 230 cm³/mol. The van der Waals surface area contributed by atoms with Crippen LogP contribution in [0.1, 0.15) is 98.9 Å². The Morgan fingerprint density at radius 3 is 2.09 bits per heavy atom. The molecular formula is C54H49NO. The topological polar surface area (TPSA) is 16.4 Å². The van der Waals surface area contributed by atoms with Gasteiger partial charge in [0.15, 0.2) is 0 Å². The van der Waals surface area contributed by atoms with Crippen molar-refractivity contribution in [2.24, 2.45) is 23.7 Å². The van der Waals surface area contributed by atoms with Crippen molar-refractivity contribution in [1.82, 2.24) is 0 Å². The smallest absolute Gasteiger partial charge is 0.135 e. The number of rotatable bonds is 4. The second-order valence-electron chi connectivity index (χ2n) is 19.4. The lowest BCUT2D eigenvalue weighted by molar-refractivity contribution is 0.266. The maximum atomic E-state index is 6.62. The summed E-state index contributed by atoms with van der Waals surface area (Å²) in [5.41, 5.74) is 18.9. The molecule has 2 nitrogen and oxygen atoms in total. The Labute approximate surface area is 330 Å². The van der Waals surface area contributed by atoms with Crippen LogP contribution in [0.15, 0.2) is 126 Å². The Balaban J connectivity index is 0.995. The van der Waals surface area contributed by atoms with Gasteiger partial charge in [0.1, 0.15) is 11.2 Å². The molecule has 0 N–H and O–H groups in total. The average molecular weight is 728 g/mol. The second-order valence-corrected chi connectivity index (χ2v) is 19.4. The summed E-state index contributed by atoms with van der Waals surface area (Å²) in [6, 6.07) is 47.1. The van der Waals surface area contributed by atoms with E-state index in [0.29, 0.717) is 11.3 Å². The van der Waals surface area contributed by atoms with Crippen LogP contribution in [-0.4, -0.2) is 0 Å². The molecule has 0 aliphatic heterocycles. The Kier molecular flexibility index (Phi) is 6.46. The van der Waals surface area contributed by atoms with E-state index in [9.17, 15) is 0 Å². The summed E-state index contributed by atoms with van der Waals surface area (Å²) in [5.74, 6) is 4.16. The van der Waals surface area contributed by atoms with Gasteiger partial charge in [0, 0.05) is 33.2 Å². The number of hydrogen-bond donors (Lipinski definition) is 0. The van der Waals surface area contributed by atoms with Crippen LogP contribution in [0.4, 0.5) is 17.1 Å². The Hall–Kier alpha value is -5.08. The van der Waals surface area contributed by atoms with Gasteiger partial charge in [0.2, 0.25) is 0 Å². The molecule has 1 aromatic heterocycles. The molecule has 7 aromatic rings. The molecule has 0 radical (unpaired) electrons. The molecule has 5 saturated carbocycles. The van der Waals surface area contributed by atoms with Gasteiger partial charge < -0.3 is 9.32 Å². The van der Waals surface area contributed by atoms with Gasteiger partial charge in [-0.05, 0) is 197 Å². The van der Waals surface area contributed by atoms with Gasteiger partial charge in [-0.15, -0.1) is 0 Å². The molecule has 2 heteroatoms. The van der Waals surface area contributed by atoms with E-state index in [-0.39, 0.29) is 5.41 Å². The number of nitrogens with zero attached hydrogens (tertiary/aromatic N) is 1. The number of fused-ring (bicyclic) bond motifs is 12. The number of furan rings is 1. The molecule has 4 atom stereocenters. The first-order valence-corrected chi connectivity index (χ1v) is 21.6. The number of benzene rings is 6. The molecule has 0 spiro atoms. The molecule has 5 fully saturated rings. The summed E-state index contributed by atoms with van der Waals surface area (Å²) < 4.78 is 6.62. The Bertz CT molecular complexity index is 2770. The quantitative estimate of drug-likeness (QED) is 0.179. The van der Waals surface area contributed by atoms with Gasteiger partial charge in [0.05, 0.1) is 0 Å². The number of anilines is 3. The normalized spacial score (nSPS) is 27.2. The molecule has 7 aliphatic carbocycles. The highest BCUT2D eigenvalue weighted by molar-refractivity contribution is 6.07. The zero-order valence-electron chi connectivity index (χ0n) is 32.7. The lowest BCUT2D eigenvalue weighted by Gasteiger charge is -2.33. The van der Waals surface area contributed by atoms with E-state index >= 15 is 0 Å². The molecule has 14 rings (SSSR count). The molecular weight excluding hydrogens is 679 g/mol. The number of hydrogen-bond acceptors (Lipinski definition) is 2. The van der Waals surface area contributed by atoms with Gasteiger partial charge in [-0.1, -0.05) is 80.6 Å². The van der Waals surface area contributed by atoms with Gasteiger partial charge in [-0.2, -0.15) is 0 Å².